The van der Waals surface area contributed by atoms with Crippen LogP contribution in [0.4, 0.5) is 0 Å². The van der Waals surface area contributed by atoms with Crippen molar-refractivity contribution in [1.29, 1.82) is 0 Å². The van der Waals surface area contributed by atoms with Crippen LogP contribution < -0.4 is 5.32 Å². The van der Waals surface area contributed by atoms with E-state index in [4.69, 9.17) is 0 Å². The minimum atomic E-state index is -3.26. The van der Waals surface area contributed by atoms with Gasteiger partial charge in [0.15, 0.2) is 9.84 Å². The predicted octanol–water partition coefficient (Wildman–Crippen LogP) is 1.59. The van der Waals surface area contributed by atoms with Crippen LogP contribution in [0.3, 0.4) is 0 Å². The number of likely N-dealkylation sites (tertiary alicyclic amines) is 1. The molecular weight excluding hydrogens is 392 g/mol. The summed E-state index contributed by atoms with van der Waals surface area (Å²) in [6, 6.07) is 13.7. The summed E-state index contributed by atoms with van der Waals surface area (Å²) in [6.45, 7) is 1.89. The average molecular weight is 414 g/mol. The van der Waals surface area contributed by atoms with Gasteiger partial charge in [0.1, 0.15) is 5.92 Å². The first-order chi connectivity index (χ1) is 13.6. The third-order valence-electron chi connectivity index (χ3n) is 5.01. The Morgan fingerprint density at radius 3 is 2.31 bits per heavy atom. The van der Waals surface area contributed by atoms with E-state index in [-0.39, 0.29) is 17.5 Å². The van der Waals surface area contributed by atoms with Crippen molar-refractivity contribution in [1.82, 2.24) is 10.2 Å². The van der Waals surface area contributed by atoms with Crippen molar-refractivity contribution in [2.45, 2.75) is 17.9 Å². The Bertz CT molecular complexity index is 1080. The van der Waals surface area contributed by atoms with E-state index in [1.165, 1.54) is 11.9 Å². The van der Waals surface area contributed by atoms with Gasteiger partial charge in [0.05, 0.1) is 10.9 Å². The maximum absolute atomic E-state index is 12.4. The number of nitrogens with one attached hydrogen (secondary N) is 1. The lowest BCUT2D eigenvalue weighted by molar-refractivity contribution is -0.142. The van der Waals surface area contributed by atoms with Crippen LogP contribution in [-0.4, -0.2) is 50.8 Å². The summed E-state index contributed by atoms with van der Waals surface area (Å²) in [7, 11) is -1.76. The van der Waals surface area contributed by atoms with Gasteiger partial charge in [-0.25, -0.2) is 8.42 Å². The molecule has 152 valence electrons. The number of benzene rings is 2. The Morgan fingerprint density at radius 1 is 1.10 bits per heavy atom. The van der Waals surface area contributed by atoms with Crippen LogP contribution in [0.1, 0.15) is 18.5 Å². The number of carbonyl (C=O) groups excluding carboxylic acids is 3. The highest BCUT2D eigenvalue weighted by Gasteiger charge is 2.41. The molecule has 0 aromatic heterocycles. The fourth-order valence-corrected chi connectivity index (χ4v) is 3.89. The minimum absolute atomic E-state index is 0.0863. The molecule has 0 spiro atoms. The lowest BCUT2D eigenvalue weighted by Gasteiger charge is -2.17. The number of Topliss-reactive ketones (excluding diaryl/α,β-unsaturated/α-hetero) is 1. The van der Waals surface area contributed by atoms with Gasteiger partial charge in [-0.1, -0.05) is 30.3 Å². The highest BCUT2D eigenvalue weighted by molar-refractivity contribution is 7.90. The van der Waals surface area contributed by atoms with Crippen LogP contribution in [0, 0.1) is 5.92 Å². The molecule has 1 N–H and O–H groups in total. The first-order valence-electron chi connectivity index (χ1n) is 9.08. The zero-order valence-electron chi connectivity index (χ0n) is 16.4. The maximum atomic E-state index is 12.4. The number of nitrogens with zero attached hydrogens (tertiary/aromatic N) is 1. The van der Waals surface area contributed by atoms with Crippen LogP contribution in [0.2, 0.25) is 0 Å². The van der Waals surface area contributed by atoms with Crippen LogP contribution in [0.15, 0.2) is 53.4 Å². The summed E-state index contributed by atoms with van der Waals surface area (Å²) in [4.78, 5) is 37.5. The highest BCUT2D eigenvalue weighted by atomic mass is 32.2. The standard InChI is InChI=1S/C21H22N2O5S/c1-13(22-20(25)18-12-23(2)21(26)19(18)24)15-5-4-6-16(11-15)14-7-9-17(10-8-14)29(3,27)28/h4-11,13,18H,12H2,1-3H3,(H,22,25)/t13-,18?/m1/s1. The number of hydrogen-bond donors (Lipinski definition) is 1. The average Bonchev–Trinajstić information content (AvgIpc) is 2.95. The molecule has 1 aliphatic heterocycles. The highest BCUT2D eigenvalue weighted by Crippen LogP contribution is 2.25. The first kappa shape index (κ1) is 20.7. The van der Waals surface area contributed by atoms with Crippen molar-refractivity contribution < 1.29 is 22.8 Å². The van der Waals surface area contributed by atoms with E-state index < -0.39 is 33.4 Å². The zero-order valence-corrected chi connectivity index (χ0v) is 17.2. The first-order valence-corrected chi connectivity index (χ1v) is 11.0. The van der Waals surface area contributed by atoms with Gasteiger partial charge < -0.3 is 10.2 Å². The molecule has 1 fully saturated rings. The van der Waals surface area contributed by atoms with Gasteiger partial charge in [-0.2, -0.15) is 0 Å². The molecule has 1 aliphatic rings. The van der Waals surface area contributed by atoms with Crippen LogP contribution in [0.5, 0.6) is 0 Å². The Kier molecular flexibility index (Phi) is 5.57. The number of amides is 2. The maximum Gasteiger partial charge on any atom is 0.290 e. The van der Waals surface area contributed by atoms with Gasteiger partial charge in [0.25, 0.3) is 5.91 Å². The molecule has 1 saturated heterocycles. The molecular formula is C21H22N2O5S. The fourth-order valence-electron chi connectivity index (χ4n) is 3.26. The third-order valence-corrected chi connectivity index (χ3v) is 6.14. The van der Waals surface area contributed by atoms with Gasteiger partial charge in [0, 0.05) is 19.8 Å². The van der Waals surface area contributed by atoms with Crippen molar-refractivity contribution in [2.24, 2.45) is 5.92 Å². The van der Waals surface area contributed by atoms with Crippen molar-refractivity contribution in [3.8, 4) is 11.1 Å². The second-order valence-corrected chi connectivity index (χ2v) is 9.27. The molecule has 2 aromatic rings. The Labute approximate surface area is 169 Å². The number of rotatable bonds is 5. The quantitative estimate of drug-likeness (QED) is 0.592. The monoisotopic (exact) mass is 414 g/mol. The molecule has 0 radical (unpaired) electrons. The van der Waals surface area contributed by atoms with Crippen LogP contribution in [-0.2, 0) is 24.2 Å². The van der Waals surface area contributed by atoms with Gasteiger partial charge >= 0.3 is 0 Å². The van der Waals surface area contributed by atoms with Gasteiger partial charge in [-0.15, -0.1) is 0 Å². The molecule has 29 heavy (non-hydrogen) atoms. The molecule has 1 unspecified atom stereocenters. The molecule has 0 saturated carbocycles. The van der Waals surface area contributed by atoms with E-state index in [2.05, 4.69) is 5.32 Å². The zero-order chi connectivity index (χ0) is 21.3. The summed E-state index contributed by atoms with van der Waals surface area (Å²) < 4.78 is 23.2. The summed E-state index contributed by atoms with van der Waals surface area (Å²) in [5.74, 6) is -2.78. The van der Waals surface area contributed by atoms with E-state index >= 15 is 0 Å². The lowest BCUT2D eigenvalue weighted by atomic mass is 9.99. The van der Waals surface area contributed by atoms with Crippen molar-refractivity contribution in [3.05, 3.63) is 54.1 Å². The van der Waals surface area contributed by atoms with Crippen molar-refractivity contribution >= 4 is 27.4 Å². The van der Waals surface area contributed by atoms with E-state index in [9.17, 15) is 22.8 Å². The molecule has 3 rings (SSSR count). The van der Waals surface area contributed by atoms with Crippen LogP contribution in [0.25, 0.3) is 11.1 Å². The predicted molar refractivity (Wildman–Crippen MR) is 108 cm³/mol. The normalized spacial score (nSPS) is 18.0. The van der Waals surface area contributed by atoms with Crippen molar-refractivity contribution in [3.63, 3.8) is 0 Å². The molecule has 1 heterocycles. The van der Waals surface area contributed by atoms with E-state index in [1.54, 1.807) is 31.2 Å². The molecule has 2 amide bonds. The second kappa shape index (κ2) is 7.79. The lowest BCUT2D eigenvalue weighted by Crippen LogP contribution is -2.37. The van der Waals surface area contributed by atoms with E-state index in [0.717, 1.165) is 22.9 Å². The molecule has 8 heteroatoms. The summed E-state index contributed by atoms with van der Waals surface area (Å²) in [5.41, 5.74) is 2.54. The number of carbonyl (C=O) groups is 3. The largest absolute Gasteiger partial charge is 0.349 e. The number of ketones is 1. The number of likely N-dealkylation sites (N-methyl/N-ethyl adjacent to an activating group) is 1. The Hall–Kier alpha value is -3.00. The second-order valence-electron chi connectivity index (χ2n) is 7.25. The van der Waals surface area contributed by atoms with Crippen molar-refractivity contribution in [2.75, 3.05) is 19.8 Å². The topological polar surface area (TPSA) is 101 Å². The molecule has 0 bridgehead atoms. The van der Waals surface area contributed by atoms with E-state index in [1.807, 2.05) is 24.3 Å². The molecule has 0 aliphatic carbocycles. The Balaban J connectivity index is 1.76. The summed E-state index contributed by atoms with van der Waals surface area (Å²) in [6.07, 6.45) is 1.16. The SMILES string of the molecule is C[C@@H](NC(=O)C1CN(C)C(=O)C1=O)c1cccc(-c2ccc(S(C)(=O)=O)cc2)c1. The summed E-state index contributed by atoms with van der Waals surface area (Å²) in [5, 5.41) is 2.80. The van der Waals surface area contributed by atoms with Gasteiger partial charge in [-0.3, -0.25) is 14.4 Å². The Morgan fingerprint density at radius 2 is 1.76 bits per heavy atom. The van der Waals surface area contributed by atoms with Gasteiger partial charge in [0.2, 0.25) is 11.7 Å². The minimum Gasteiger partial charge on any atom is -0.349 e. The van der Waals surface area contributed by atoms with Gasteiger partial charge in [-0.05, 0) is 41.8 Å². The molecule has 2 atom stereocenters. The van der Waals surface area contributed by atoms with Crippen LogP contribution >= 0.6 is 0 Å². The number of sulfone groups is 1. The number of hydrogen-bond acceptors (Lipinski definition) is 5. The van der Waals surface area contributed by atoms with E-state index in [0.29, 0.717) is 0 Å². The fraction of sp³-hybridized carbons (Fsp3) is 0.286. The smallest absolute Gasteiger partial charge is 0.290 e. The third kappa shape index (κ3) is 4.37. The molecule has 2 aromatic carbocycles. The molecule has 7 nitrogen and oxygen atoms in total. The summed E-state index contributed by atoms with van der Waals surface area (Å²) >= 11 is 0.